The van der Waals surface area contributed by atoms with Gasteiger partial charge in [0.1, 0.15) is 0 Å². The number of hydrogen-bond donors (Lipinski definition) is 2. The molecule has 0 saturated carbocycles. The van der Waals surface area contributed by atoms with E-state index in [1.54, 1.807) is 0 Å². The van der Waals surface area contributed by atoms with Crippen molar-refractivity contribution in [2.24, 2.45) is 5.40 Å². The highest BCUT2D eigenvalue weighted by Crippen LogP contribution is 1.97. The van der Waals surface area contributed by atoms with Crippen molar-refractivity contribution in [2.45, 2.75) is 0 Å². The lowest BCUT2D eigenvalue weighted by molar-refractivity contribution is 1.68. The molecule has 0 amide bonds. The van der Waals surface area contributed by atoms with E-state index in [9.17, 15) is 0 Å². The molecule has 1 atom stereocenters. The monoisotopic (exact) mass is 214 g/mol. The van der Waals surface area contributed by atoms with E-state index in [1.807, 2.05) is 36.4 Å². The number of benzene rings is 2. The summed E-state index contributed by atoms with van der Waals surface area (Å²) in [6.45, 7) is 0. The molecule has 0 aromatic heterocycles. The van der Waals surface area contributed by atoms with E-state index in [4.69, 9.17) is 11.1 Å². The van der Waals surface area contributed by atoms with Crippen molar-refractivity contribution < 1.29 is 0 Å². The van der Waals surface area contributed by atoms with Gasteiger partial charge in [-0.05, 0) is 22.5 Å². The number of rotatable bonds is 2. The van der Waals surface area contributed by atoms with Gasteiger partial charge in [0.15, 0.2) is 8.96 Å². The highest BCUT2D eigenvalue weighted by molar-refractivity contribution is 6.82. The Morgan fingerprint density at radius 2 is 1.47 bits per heavy atom. The van der Waals surface area contributed by atoms with Crippen molar-refractivity contribution in [3.8, 4) is 0 Å². The highest BCUT2D eigenvalue weighted by Gasteiger charge is 2.10. The molecule has 0 heterocycles. The summed E-state index contributed by atoms with van der Waals surface area (Å²) in [6, 6.07) is 18.1. The van der Waals surface area contributed by atoms with E-state index < -0.39 is 8.96 Å². The van der Waals surface area contributed by atoms with Gasteiger partial charge in [-0.3, -0.25) is 0 Å². The molecular formula is C12H14N2Si. The molecule has 0 saturated heterocycles. The molecule has 0 aliphatic heterocycles. The summed E-state index contributed by atoms with van der Waals surface area (Å²) < 4.78 is 0. The standard InChI is InChI=1S/C12H14N2Si/c13-10-5-4-8-12(9-10)15(14)11-6-2-1-3-7-11/h1-9,15H,13-14H2. The average molecular weight is 214 g/mol. The van der Waals surface area contributed by atoms with Gasteiger partial charge in [0, 0.05) is 5.69 Å². The molecule has 0 aliphatic carbocycles. The Morgan fingerprint density at radius 1 is 0.800 bits per heavy atom. The zero-order valence-corrected chi connectivity index (χ0v) is 9.58. The molecule has 1 unspecified atom stereocenters. The fraction of sp³-hybridized carbons (Fsp3) is 0. The number of hydrogen-bond acceptors (Lipinski definition) is 2. The summed E-state index contributed by atoms with van der Waals surface area (Å²) in [5.41, 5.74) is 6.52. The topological polar surface area (TPSA) is 52.0 Å². The lowest BCUT2D eigenvalue weighted by Gasteiger charge is -2.10. The van der Waals surface area contributed by atoms with Gasteiger partial charge in [0.25, 0.3) is 0 Å². The zero-order valence-electron chi connectivity index (χ0n) is 8.43. The van der Waals surface area contributed by atoms with E-state index in [0.29, 0.717) is 0 Å². The minimum atomic E-state index is -1.53. The molecule has 0 radical (unpaired) electrons. The number of nitrogens with two attached hydrogens (primary N) is 2. The second-order valence-corrected chi connectivity index (χ2v) is 5.85. The van der Waals surface area contributed by atoms with Gasteiger partial charge in [0.2, 0.25) is 0 Å². The molecular weight excluding hydrogens is 200 g/mol. The van der Waals surface area contributed by atoms with Gasteiger partial charge < -0.3 is 11.1 Å². The van der Waals surface area contributed by atoms with Crippen LogP contribution >= 0.6 is 0 Å². The summed E-state index contributed by atoms with van der Waals surface area (Å²) in [5.74, 6) is 0. The Morgan fingerprint density at radius 3 is 2.13 bits per heavy atom. The Hall–Kier alpha value is -1.58. The molecule has 0 aliphatic rings. The molecule has 0 spiro atoms. The molecule has 2 aromatic rings. The van der Waals surface area contributed by atoms with Gasteiger partial charge in [-0.2, -0.15) is 0 Å². The Labute approximate surface area is 91.2 Å². The van der Waals surface area contributed by atoms with Crippen molar-refractivity contribution in [2.75, 3.05) is 5.73 Å². The van der Waals surface area contributed by atoms with Crippen LogP contribution in [0.2, 0.25) is 0 Å². The molecule has 0 fully saturated rings. The quantitative estimate of drug-likeness (QED) is 0.549. The number of nitrogen functional groups attached to an aromatic ring is 1. The first kappa shape index (κ1) is 9.95. The first-order chi connectivity index (χ1) is 7.27. The van der Waals surface area contributed by atoms with Crippen molar-refractivity contribution in [3.63, 3.8) is 0 Å². The summed E-state index contributed by atoms with van der Waals surface area (Å²) >= 11 is 0. The van der Waals surface area contributed by atoms with E-state index in [0.717, 1.165) is 5.69 Å². The summed E-state index contributed by atoms with van der Waals surface area (Å²) in [7, 11) is -1.53. The second kappa shape index (κ2) is 4.29. The van der Waals surface area contributed by atoms with Crippen LogP contribution in [-0.2, 0) is 0 Å². The minimum absolute atomic E-state index is 0.784. The van der Waals surface area contributed by atoms with Crippen LogP contribution in [0.25, 0.3) is 0 Å². The third-order valence-corrected chi connectivity index (χ3v) is 4.61. The molecule has 3 heteroatoms. The summed E-state index contributed by atoms with van der Waals surface area (Å²) in [5, 5.41) is 8.69. The lowest BCUT2D eigenvalue weighted by atomic mass is 10.3. The maximum absolute atomic E-state index is 6.27. The van der Waals surface area contributed by atoms with Gasteiger partial charge in [0.05, 0.1) is 0 Å². The van der Waals surface area contributed by atoms with Crippen LogP contribution in [0.1, 0.15) is 0 Å². The molecule has 0 bridgehead atoms. The zero-order chi connectivity index (χ0) is 10.7. The summed E-state index contributed by atoms with van der Waals surface area (Å²) in [4.78, 5) is 0. The average Bonchev–Trinajstić information content (AvgIpc) is 2.29. The fourth-order valence-corrected chi connectivity index (χ4v) is 3.32. The van der Waals surface area contributed by atoms with Crippen molar-refractivity contribution in [1.82, 2.24) is 0 Å². The predicted octanol–water partition coefficient (Wildman–Crippen LogP) is 0.0655. The highest BCUT2D eigenvalue weighted by atomic mass is 28.3. The van der Waals surface area contributed by atoms with Crippen LogP contribution in [0.3, 0.4) is 0 Å². The number of anilines is 1. The fourth-order valence-electron chi connectivity index (χ4n) is 1.61. The molecule has 15 heavy (non-hydrogen) atoms. The Balaban J connectivity index is 2.32. The van der Waals surface area contributed by atoms with Crippen LogP contribution in [0.5, 0.6) is 0 Å². The van der Waals surface area contributed by atoms with E-state index in [-0.39, 0.29) is 0 Å². The first-order valence-corrected chi connectivity index (χ1v) is 6.75. The Kier molecular flexibility index (Phi) is 2.85. The molecule has 2 rings (SSSR count). The van der Waals surface area contributed by atoms with Crippen LogP contribution in [0, 0.1) is 0 Å². The van der Waals surface area contributed by atoms with Crippen LogP contribution in [0.15, 0.2) is 54.6 Å². The van der Waals surface area contributed by atoms with Crippen LogP contribution in [-0.4, -0.2) is 8.96 Å². The van der Waals surface area contributed by atoms with E-state index in [1.165, 1.54) is 10.4 Å². The van der Waals surface area contributed by atoms with Gasteiger partial charge in [-0.1, -0.05) is 42.5 Å². The van der Waals surface area contributed by atoms with Gasteiger partial charge in [-0.25, -0.2) is 0 Å². The molecule has 76 valence electrons. The largest absolute Gasteiger partial charge is 0.399 e. The maximum Gasteiger partial charge on any atom is 0.170 e. The van der Waals surface area contributed by atoms with E-state index >= 15 is 0 Å². The van der Waals surface area contributed by atoms with Gasteiger partial charge >= 0.3 is 0 Å². The first-order valence-electron chi connectivity index (χ1n) is 4.93. The third kappa shape index (κ3) is 2.26. The normalized spacial score (nSPS) is 12.3. The van der Waals surface area contributed by atoms with Crippen molar-refractivity contribution in [3.05, 3.63) is 54.6 Å². The van der Waals surface area contributed by atoms with Crippen molar-refractivity contribution in [1.29, 1.82) is 0 Å². The SMILES string of the molecule is Nc1cccc([SiH](N)c2ccccc2)c1. The summed E-state index contributed by atoms with van der Waals surface area (Å²) in [6.07, 6.45) is 0. The molecule has 2 aromatic carbocycles. The maximum atomic E-state index is 6.27. The molecule has 2 nitrogen and oxygen atoms in total. The minimum Gasteiger partial charge on any atom is -0.399 e. The third-order valence-electron chi connectivity index (χ3n) is 2.43. The second-order valence-electron chi connectivity index (χ2n) is 3.56. The lowest BCUT2D eigenvalue weighted by Crippen LogP contribution is -2.50. The van der Waals surface area contributed by atoms with Crippen LogP contribution in [0.4, 0.5) is 5.69 Å². The predicted molar refractivity (Wildman–Crippen MR) is 67.9 cm³/mol. The van der Waals surface area contributed by atoms with E-state index in [2.05, 4.69) is 18.2 Å². The van der Waals surface area contributed by atoms with Gasteiger partial charge in [-0.15, -0.1) is 0 Å². The molecule has 4 N–H and O–H groups in total. The Bertz CT molecular complexity index is 442. The van der Waals surface area contributed by atoms with Crippen LogP contribution < -0.4 is 21.5 Å². The van der Waals surface area contributed by atoms with Crippen molar-refractivity contribution >= 4 is 25.0 Å². The smallest absolute Gasteiger partial charge is 0.170 e.